The lowest BCUT2D eigenvalue weighted by Crippen LogP contribution is -1.99. The molecule has 0 saturated carbocycles. The summed E-state index contributed by atoms with van der Waals surface area (Å²) in [5.41, 5.74) is 1.85. The fourth-order valence-corrected chi connectivity index (χ4v) is 1.77. The molecule has 1 nitrogen and oxygen atoms in total. The van der Waals surface area contributed by atoms with Crippen LogP contribution in [0.25, 0.3) is 0 Å². The first-order valence-corrected chi connectivity index (χ1v) is 4.35. The summed E-state index contributed by atoms with van der Waals surface area (Å²) < 4.78 is 13.1. The average molecular weight is 165 g/mol. The molecule has 1 N–H and O–H groups in total. The molecule has 1 aliphatic heterocycles. The number of benzene rings is 1. The molecule has 2 heteroatoms. The molecule has 64 valence electrons. The lowest BCUT2D eigenvalue weighted by Gasteiger charge is -2.04. The van der Waals surface area contributed by atoms with E-state index < -0.39 is 0 Å². The second kappa shape index (κ2) is 2.77. The maximum absolute atomic E-state index is 13.1. The summed E-state index contributed by atoms with van der Waals surface area (Å²) in [4.78, 5) is 0. The van der Waals surface area contributed by atoms with Crippen LogP contribution in [0.15, 0.2) is 18.2 Å². The molecule has 1 aliphatic rings. The molecule has 0 saturated heterocycles. The van der Waals surface area contributed by atoms with Crippen molar-refractivity contribution in [2.75, 3.05) is 11.9 Å². The average Bonchev–Trinajstić information content (AvgIpc) is 2.49. The number of nitrogens with one attached hydrogen (secondary N) is 1. The van der Waals surface area contributed by atoms with Gasteiger partial charge in [0.25, 0.3) is 0 Å². The summed E-state index contributed by atoms with van der Waals surface area (Å²) in [5.74, 6) is 0.374. The van der Waals surface area contributed by atoms with E-state index in [-0.39, 0.29) is 5.82 Å². The highest BCUT2D eigenvalue weighted by Crippen LogP contribution is 2.34. The van der Waals surface area contributed by atoms with E-state index in [2.05, 4.69) is 12.2 Å². The number of halogens is 1. The molecule has 0 amide bonds. The van der Waals surface area contributed by atoms with Crippen molar-refractivity contribution in [2.24, 2.45) is 0 Å². The Balaban J connectivity index is 2.46. The lowest BCUT2D eigenvalue weighted by atomic mass is 9.99. The SMILES string of the molecule is CCC1CNc2c(F)cccc21. The highest BCUT2D eigenvalue weighted by atomic mass is 19.1. The fraction of sp³-hybridized carbons (Fsp3) is 0.400. The topological polar surface area (TPSA) is 12.0 Å². The Labute approximate surface area is 71.6 Å². The van der Waals surface area contributed by atoms with Gasteiger partial charge in [-0.25, -0.2) is 4.39 Å². The van der Waals surface area contributed by atoms with Crippen molar-refractivity contribution in [3.05, 3.63) is 29.6 Å². The molecule has 0 radical (unpaired) electrons. The normalized spacial score (nSPS) is 20.3. The van der Waals surface area contributed by atoms with Gasteiger partial charge in [-0.3, -0.25) is 0 Å². The Hall–Kier alpha value is -1.05. The quantitative estimate of drug-likeness (QED) is 0.674. The third kappa shape index (κ3) is 0.986. The maximum atomic E-state index is 13.1. The van der Waals surface area contributed by atoms with Crippen molar-refractivity contribution in [1.82, 2.24) is 0 Å². The van der Waals surface area contributed by atoms with Crippen LogP contribution in [-0.2, 0) is 0 Å². The molecule has 1 aromatic carbocycles. The number of rotatable bonds is 1. The monoisotopic (exact) mass is 165 g/mol. The number of hydrogen-bond donors (Lipinski definition) is 1. The third-order valence-corrected chi connectivity index (χ3v) is 2.50. The highest BCUT2D eigenvalue weighted by molar-refractivity contribution is 5.58. The van der Waals surface area contributed by atoms with Gasteiger partial charge in [0.15, 0.2) is 0 Å². The molecule has 12 heavy (non-hydrogen) atoms. The van der Waals surface area contributed by atoms with Crippen LogP contribution in [0.5, 0.6) is 0 Å². The standard InChI is InChI=1S/C10H12FN/c1-2-7-6-12-10-8(7)4-3-5-9(10)11/h3-5,7,12H,2,6H2,1H3. The molecule has 1 aromatic rings. The van der Waals surface area contributed by atoms with Gasteiger partial charge in [0, 0.05) is 12.5 Å². The van der Waals surface area contributed by atoms with E-state index in [1.165, 1.54) is 6.07 Å². The highest BCUT2D eigenvalue weighted by Gasteiger charge is 2.22. The summed E-state index contributed by atoms with van der Waals surface area (Å²) >= 11 is 0. The molecule has 0 aromatic heterocycles. The summed E-state index contributed by atoms with van der Waals surface area (Å²) in [6.45, 7) is 3.01. The van der Waals surface area contributed by atoms with E-state index >= 15 is 0 Å². The van der Waals surface area contributed by atoms with Crippen LogP contribution < -0.4 is 5.32 Å². The Morgan fingerprint density at radius 3 is 3.17 bits per heavy atom. The first-order chi connectivity index (χ1) is 5.83. The van der Waals surface area contributed by atoms with E-state index in [1.54, 1.807) is 6.07 Å². The molecule has 2 rings (SSSR count). The fourth-order valence-electron chi connectivity index (χ4n) is 1.77. The summed E-state index contributed by atoms with van der Waals surface area (Å²) in [7, 11) is 0. The van der Waals surface area contributed by atoms with Crippen LogP contribution >= 0.6 is 0 Å². The van der Waals surface area contributed by atoms with Gasteiger partial charge in [-0.2, -0.15) is 0 Å². The summed E-state index contributed by atoms with van der Waals surface area (Å²) in [5, 5.41) is 3.09. The smallest absolute Gasteiger partial charge is 0.146 e. The van der Waals surface area contributed by atoms with Crippen molar-refractivity contribution >= 4 is 5.69 Å². The van der Waals surface area contributed by atoms with Crippen LogP contribution in [0.3, 0.4) is 0 Å². The first kappa shape index (κ1) is 7.59. The number of para-hydroxylation sites is 1. The van der Waals surface area contributed by atoms with Crippen LogP contribution in [0, 0.1) is 5.82 Å². The van der Waals surface area contributed by atoms with Gasteiger partial charge in [0.05, 0.1) is 5.69 Å². The van der Waals surface area contributed by atoms with Gasteiger partial charge in [-0.15, -0.1) is 0 Å². The van der Waals surface area contributed by atoms with Gasteiger partial charge in [0.2, 0.25) is 0 Å². The largest absolute Gasteiger partial charge is 0.382 e. The van der Waals surface area contributed by atoms with Crippen LogP contribution in [0.1, 0.15) is 24.8 Å². The second-order valence-corrected chi connectivity index (χ2v) is 3.19. The molecule has 0 aliphatic carbocycles. The van der Waals surface area contributed by atoms with E-state index in [4.69, 9.17) is 0 Å². The van der Waals surface area contributed by atoms with Crippen molar-refractivity contribution in [3.8, 4) is 0 Å². The van der Waals surface area contributed by atoms with E-state index in [0.717, 1.165) is 18.5 Å². The Bertz CT molecular complexity index is 296. The number of anilines is 1. The molecular weight excluding hydrogens is 153 g/mol. The van der Waals surface area contributed by atoms with Crippen LogP contribution in [0.4, 0.5) is 10.1 Å². The third-order valence-electron chi connectivity index (χ3n) is 2.50. The van der Waals surface area contributed by atoms with Gasteiger partial charge in [0.1, 0.15) is 5.82 Å². The Morgan fingerprint density at radius 2 is 2.42 bits per heavy atom. The minimum absolute atomic E-state index is 0.122. The molecule has 0 spiro atoms. The summed E-state index contributed by atoms with van der Waals surface area (Å²) in [6.07, 6.45) is 1.07. The summed E-state index contributed by atoms with van der Waals surface area (Å²) in [6, 6.07) is 5.29. The van der Waals surface area contributed by atoms with E-state index in [0.29, 0.717) is 11.6 Å². The maximum Gasteiger partial charge on any atom is 0.146 e. The Morgan fingerprint density at radius 1 is 1.58 bits per heavy atom. The predicted molar refractivity (Wildman–Crippen MR) is 47.9 cm³/mol. The van der Waals surface area contributed by atoms with Gasteiger partial charge >= 0.3 is 0 Å². The number of hydrogen-bond acceptors (Lipinski definition) is 1. The predicted octanol–water partition coefficient (Wildman–Crippen LogP) is 2.74. The van der Waals surface area contributed by atoms with Crippen LogP contribution in [-0.4, -0.2) is 6.54 Å². The van der Waals surface area contributed by atoms with Crippen molar-refractivity contribution < 1.29 is 4.39 Å². The molecular formula is C10H12FN. The van der Waals surface area contributed by atoms with Gasteiger partial charge in [-0.05, 0) is 18.1 Å². The lowest BCUT2D eigenvalue weighted by molar-refractivity contribution is 0.631. The van der Waals surface area contributed by atoms with Crippen LogP contribution in [0.2, 0.25) is 0 Å². The molecule has 1 heterocycles. The zero-order valence-corrected chi connectivity index (χ0v) is 7.10. The van der Waals surface area contributed by atoms with E-state index in [9.17, 15) is 4.39 Å². The zero-order chi connectivity index (χ0) is 8.55. The number of fused-ring (bicyclic) bond motifs is 1. The van der Waals surface area contributed by atoms with Gasteiger partial charge in [-0.1, -0.05) is 19.1 Å². The van der Waals surface area contributed by atoms with Crippen molar-refractivity contribution in [1.29, 1.82) is 0 Å². The first-order valence-electron chi connectivity index (χ1n) is 4.35. The molecule has 0 bridgehead atoms. The van der Waals surface area contributed by atoms with Crippen molar-refractivity contribution in [2.45, 2.75) is 19.3 Å². The van der Waals surface area contributed by atoms with Gasteiger partial charge < -0.3 is 5.32 Å². The minimum Gasteiger partial charge on any atom is -0.382 e. The zero-order valence-electron chi connectivity index (χ0n) is 7.10. The Kier molecular flexibility index (Phi) is 1.75. The molecule has 1 unspecified atom stereocenters. The van der Waals surface area contributed by atoms with E-state index in [1.807, 2.05) is 6.07 Å². The molecule has 1 atom stereocenters. The molecule has 0 fully saturated rings. The minimum atomic E-state index is -0.122. The second-order valence-electron chi connectivity index (χ2n) is 3.19. The van der Waals surface area contributed by atoms with Crippen molar-refractivity contribution in [3.63, 3.8) is 0 Å².